The van der Waals surface area contributed by atoms with E-state index >= 15 is 0 Å². The van der Waals surface area contributed by atoms with Crippen molar-refractivity contribution in [3.05, 3.63) is 35.6 Å². The first-order valence-electron chi connectivity index (χ1n) is 8.48. The quantitative estimate of drug-likeness (QED) is 0.562. The minimum absolute atomic E-state index is 0. The van der Waals surface area contributed by atoms with Gasteiger partial charge in [-0.15, -0.1) is 12.4 Å². The molecule has 7 heteroatoms. The van der Waals surface area contributed by atoms with Crippen molar-refractivity contribution in [3.8, 4) is 0 Å². The second-order valence-corrected chi connectivity index (χ2v) is 6.02. The predicted molar refractivity (Wildman–Crippen MR) is 96.4 cm³/mol. The third-order valence-corrected chi connectivity index (χ3v) is 4.23. The molecule has 0 aromatic heterocycles. The Balaban J connectivity index is 0.00000312. The number of piperidine rings is 1. The Morgan fingerprint density at radius 2 is 1.80 bits per heavy atom. The van der Waals surface area contributed by atoms with Crippen molar-refractivity contribution < 1.29 is 18.7 Å². The molecule has 1 aromatic carbocycles. The lowest BCUT2D eigenvalue weighted by molar-refractivity contribution is -0.133. The van der Waals surface area contributed by atoms with Crippen LogP contribution in [0.4, 0.5) is 4.39 Å². The van der Waals surface area contributed by atoms with E-state index < -0.39 is 0 Å². The number of amides is 1. The summed E-state index contributed by atoms with van der Waals surface area (Å²) in [7, 11) is 0. The summed E-state index contributed by atoms with van der Waals surface area (Å²) in [5.41, 5.74) is 5.87. The highest BCUT2D eigenvalue weighted by Gasteiger charge is 2.23. The fourth-order valence-corrected chi connectivity index (χ4v) is 2.76. The molecule has 2 rings (SSSR count). The van der Waals surface area contributed by atoms with Gasteiger partial charge in [-0.1, -0.05) is 0 Å². The van der Waals surface area contributed by atoms with Crippen LogP contribution in [0.15, 0.2) is 24.3 Å². The largest absolute Gasteiger partial charge is 0.378 e. The van der Waals surface area contributed by atoms with Crippen LogP contribution in [0.3, 0.4) is 0 Å². The molecular weight excluding hydrogens is 347 g/mol. The SMILES string of the molecule is Cl.NCCCOC1CCN(C(=O)CCC(=O)c2ccc(F)cc2)CC1. The van der Waals surface area contributed by atoms with Gasteiger partial charge in [-0.05, 0) is 50.1 Å². The molecule has 1 fully saturated rings. The van der Waals surface area contributed by atoms with Gasteiger partial charge < -0.3 is 15.4 Å². The Morgan fingerprint density at radius 3 is 2.40 bits per heavy atom. The maximum Gasteiger partial charge on any atom is 0.223 e. The summed E-state index contributed by atoms with van der Waals surface area (Å²) in [6, 6.07) is 5.41. The fourth-order valence-electron chi connectivity index (χ4n) is 2.76. The van der Waals surface area contributed by atoms with Crippen molar-refractivity contribution in [2.75, 3.05) is 26.2 Å². The second-order valence-electron chi connectivity index (χ2n) is 6.02. The molecule has 0 bridgehead atoms. The van der Waals surface area contributed by atoms with E-state index in [1.54, 1.807) is 4.90 Å². The number of hydrogen-bond acceptors (Lipinski definition) is 4. The summed E-state index contributed by atoms with van der Waals surface area (Å²) in [4.78, 5) is 26.0. The first kappa shape index (κ1) is 21.5. The predicted octanol–water partition coefficient (Wildman–Crippen LogP) is 2.57. The molecule has 0 saturated carbocycles. The van der Waals surface area contributed by atoms with Crippen LogP contribution in [0.1, 0.15) is 42.5 Å². The van der Waals surface area contributed by atoms with Gasteiger partial charge in [0.2, 0.25) is 5.91 Å². The lowest BCUT2D eigenvalue weighted by Gasteiger charge is -2.32. The minimum atomic E-state index is -0.376. The topological polar surface area (TPSA) is 72.6 Å². The number of ketones is 1. The Morgan fingerprint density at radius 1 is 1.16 bits per heavy atom. The Bertz CT molecular complexity index is 546. The smallest absolute Gasteiger partial charge is 0.223 e. The van der Waals surface area contributed by atoms with Crippen molar-refractivity contribution in [2.24, 2.45) is 5.73 Å². The number of Topliss-reactive ketones (excluding diaryl/α,β-unsaturated/α-hetero) is 1. The number of nitrogens with zero attached hydrogens (tertiary/aromatic N) is 1. The van der Waals surface area contributed by atoms with Crippen molar-refractivity contribution >= 4 is 24.1 Å². The Hall–Kier alpha value is -1.50. The molecule has 0 spiro atoms. The van der Waals surface area contributed by atoms with Gasteiger partial charge in [0.15, 0.2) is 5.78 Å². The highest BCUT2D eigenvalue weighted by atomic mass is 35.5. The van der Waals surface area contributed by atoms with Crippen LogP contribution in [0.2, 0.25) is 0 Å². The monoisotopic (exact) mass is 372 g/mol. The molecule has 0 radical (unpaired) electrons. The first-order valence-corrected chi connectivity index (χ1v) is 8.48. The third-order valence-electron chi connectivity index (χ3n) is 4.23. The van der Waals surface area contributed by atoms with E-state index in [9.17, 15) is 14.0 Å². The summed E-state index contributed by atoms with van der Waals surface area (Å²) >= 11 is 0. The number of likely N-dealkylation sites (tertiary alicyclic amines) is 1. The van der Waals surface area contributed by atoms with Crippen LogP contribution >= 0.6 is 12.4 Å². The number of hydrogen-bond donors (Lipinski definition) is 1. The van der Waals surface area contributed by atoms with Gasteiger partial charge in [0.05, 0.1) is 6.10 Å². The molecule has 1 amide bonds. The third kappa shape index (κ3) is 7.10. The van der Waals surface area contributed by atoms with Crippen LogP contribution in [-0.4, -0.2) is 48.9 Å². The molecule has 1 heterocycles. The maximum absolute atomic E-state index is 12.8. The van der Waals surface area contributed by atoms with Crippen LogP contribution < -0.4 is 5.73 Å². The van der Waals surface area contributed by atoms with Gasteiger partial charge in [0, 0.05) is 38.1 Å². The summed E-state index contributed by atoms with van der Waals surface area (Å²) in [5, 5.41) is 0. The minimum Gasteiger partial charge on any atom is -0.378 e. The van der Waals surface area contributed by atoms with Crippen LogP contribution in [0, 0.1) is 5.82 Å². The summed E-state index contributed by atoms with van der Waals surface area (Å²) < 4.78 is 18.6. The highest BCUT2D eigenvalue weighted by molar-refractivity contribution is 5.97. The normalized spacial score (nSPS) is 14.9. The lowest BCUT2D eigenvalue weighted by atomic mass is 10.0. The van der Waals surface area contributed by atoms with Gasteiger partial charge in [-0.3, -0.25) is 9.59 Å². The van der Waals surface area contributed by atoms with Crippen LogP contribution in [-0.2, 0) is 9.53 Å². The van der Waals surface area contributed by atoms with Crippen LogP contribution in [0.25, 0.3) is 0 Å². The molecule has 1 aromatic rings. The van der Waals surface area contributed by atoms with E-state index in [1.165, 1.54) is 24.3 Å². The molecular formula is C18H26ClFN2O3. The molecule has 0 unspecified atom stereocenters. The molecule has 5 nitrogen and oxygen atoms in total. The molecule has 0 atom stereocenters. The molecule has 2 N–H and O–H groups in total. The maximum atomic E-state index is 12.8. The van der Waals surface area contributed by atoms with Gasteiger partial charge in [0.25, 0.3) is 0 Å². The number of carbonyl (C=O) groups is 2. The number of carbonyl (C=O) groups excluding carboxylic acids is 2. The van der Waals surface area contributed by atoms with Crippen molar-refractivity contribution in [1.82, 2.24) is 4.90 Å². The molecule has 1 aliphatic rings. The molecule has 25 heavy (non-hydrogen) atoms. The average Bonchev–Trinajstić information content (AvgIpc) is 2.61. The Labute approximate surface area is 154 Å². The van der Waals surface area contributed by atoms with E-state index in [2.05, 4.69) is 0 Å². The van der Waals surface area contributed by atoms with Crippen molar-refractivity contribution in [3.63, 3.8) is 0 Å². The molecule has 1 saturated heterocycles. The van der Waals surface area contributed by atoms with E-state index in [1.807, 2.05) is 0 Å². The van der Waals surface area contributed by atoms with E-state index in [-0.39, 0.29) is 48.9 Å². The molecule has 1 aliphatic heterocycles. The van der Waals surface area contributed by atoms with Crippen molar-refractivity contribution in [2.45, 2.75) is 38.2 Å². The molecule has 140 valence electrons. The first-order chi connectivity index (χ1) is 11.6. The van der Waals surface area contributed by atoms with Gasteiger partial charge in [-0.25, -0.2) is 4.39 Å². The zero-order valence-electron chi connectivity index (χ0n) is 14.3. The number of benzene rings is 1. The zero-order valence-corrected chi connectivity index (χ0v) is 15.1. The van der Waals surface area contributed by atoms with E-state index in [4.69, 9.17) is 10.5 Å². The lowest BCUT2D eigenvalue weighted by Crippen LogP contribution is -2.41. The van der Waals surface area contributed by atoms with Gasteiger partial charge in [0.1, 0.15) is 5.82 Å². The number of halogens is 2. The van der Waals surface area contributed by atoms with E-state index in [0.29, 0.717) is 31.8 Å². The highest BCUT2D eigenvalue weighted by Crippen LogP contribution is 2.16. The number of ether oxygens (including phenoxy) is 1. The van der Waals surface area contributed by atoms with Crippen LogP contribution in [0.5, 0.6) is 0 Å². The average molecular weight is 373 g/mol. The van der Waals surface area contributed by atoms with E-state index in [0.717, 1.165) is 19.3 Å². The standard InChI is InChI=1S/C18H25FN2O3.ClH/c19-15-4-2-14(3-5-15)17(22)6-7-18(23)21-11-8-16(9-12-21)24-13-1-10-20;/h2-5,16H,1,6-13,20H2;1H. The summed E-state index contributed by atoms with van der Waals surface area (Å²) in [6.07, 6.45) is 3.03. The number of rotatable bonds is 8. The number of nitrogens with two attached hydrogens (primary N) is 1. The van der Waals surface area contributed by atoms with Gasteiger partial charge >= 0.3 is 0 Å². The van der Waals surface area contributed by atoms with Crippen molar-refractivity contribution in [1.29, 1.82) is 0 Å². The fraction of sp³-hybridized carbons (Fsp3) is 0.556. The van der Waals surface area contributed by atoms with Gasteiger partial charge in [-0.2, -0.15) is 0 Å². The second kappa shape index (κ2) is 11.2. The zero-order chi connectivity index (χ0) is 17.4. The Kier molecular flexibility index (Phi) is 9.63. The summed E-state index contributed by atoms with van der Waals surface area (Å²) in [6.45, 7) is 2.62. The summed E-state index contributed by atoms with van der Waals surface area (Å²) in [5.74, 6) is -0.520. The molecule has 0 aliphatic carbocycles.